The van der Waals surface area contributed by atoms with Gasteiger partial charge in [0.25, 0.3) is 5.91 Å². The molecular formula is C14H15F2N3O2. The highest BCUT2D eigenvalue weighted by Crippen LogP contribution is 2.22. The Morgan fingerprint density at radius 1 is 1.52 bits per heavy atom. The molecule has 0 spiro atoms. The van der Waals surface area contributed by atoms with Crippen molar-refractivity contribution in [1.82, 2.24) is 4.90 Å². The van der Waals surface area contributed by atoms with Gasteiger partial charge in [0, 0.05) is 18.7 Å². The Morgan fingerprint density at radius 3 is 2.76 bits per heavy atom. The van der Waals surface area contributed by atoms with Gasteiger partial charge in [-0.3, -0.25) is 4.79 Å². The SMILES string of the molecule is CCNc1c(F)cc(C(=O)N2CCOC(C#N)C2)cc1F. The number of carbonyl (C=O) groups is 1. The topological polar surface area (TPSA) is 65.4 Å². The molecule has 0 saturated carbocycles. The third kappa shape index (κ3) is 3.28. The van der Waals surface area contributed by atoms with E-state index in [4.69, 9.17) is 10.00 Å². The van der Waals surface area contributed by atoms with Crippen molar-refractivity contribution in [3.8, 4) is 6.07 Å². The van der Waals surface area contributed by atoms with Crippen molar-refractivity contribution in [2.24, 2.45) is 0 Å². The van der Waals surface area contributed by atoms with Crippen molar-refractivity contribution >= 4 is 11.6 Å². The van der Waals surface area contributed by atoms with Crippen molar-refractivity contribution < 1.29 is 18.3 Å². The number of morpholine rings is 1. The van der Waals surface area contributed by atoms with E-state index in [1.165, 1.54) is 4.90 Å². The molecule has 1 saturated heterocycles. The van der Waals surface area contributed by atoms with Crippen LogP contribution in [0, 0.1) is 23.0 Å². The lowest BCUT2D eigenvalue weighted by atomic mass is 10.1. The Labute approximate surface area is 121 Å². The fraction of sp³-hybridized carbons (Fsp3) is 0.429. The molecule has 1 aliphatic rings. The number of nitrogens with one attached hydrogen (secondary N) is 1. The van der Waals surface area contributed by atoms with Crippen LogP contribution in [0.2, 0.25) is 0 Å². The summed E-state index contributed by atoms with van der Waals surface area (Å²) in [6, 6.07) is 3.92. The number of anilines is 1. The summed E-state index contributed by atoms with van der Waals surface area (Å²) < 4.78 is 32.8. The number of amides is 1. The van der Waals surface area contributed by atoms with Crippen molar-refractivity contribution in [3.05, 3.63) is 29.3 Å². The van der Waals surface area contributed by atoms with E-state index in [2.05, 4.69) is 5.32 Å². The van der Waals surface area contributed by atoms with Crippen LogP contribution in [0.15, 0.2) is 12.1 Å². The van der Waals surface area contributed by atoms with Gasteiger partial charge in [-0.15, -0.1) is 0 Å². The number of halogens is 2. The molecule has 0 bridgehead atoms. The molecule has 1 N–H and O–H groups in total. The van der Waals surface area contributed by atoms with Crippen LogP contribution >= 0.6 is 0 Å². The minimum atomic E-state index is -0.815. The largest absolute Gasteiger partial charge is 0.381 e. The molecule has 1 fully saturated rings. The fourth-order valence-electron chi connectivity index (χ4n) is 2.14. The summed E-state index contributed by atoms with van der Waals surface area (Å²) in [6.45, 7) is 2.69. The predicted molar refractivity (Wildman–Crippen MR) is 71.8 cm³/mol. The smallest absolute Gasteiger partial charge is 0.254 e. The van der Waals surface area contributed by atoms with E-state index in [-0.39, 0.29) is 30.9 Å². The Kier molecular flexibility index (Phi) is 4.70. The molecule has 1 aromatic carbocycles. The van der Waals surface area contributed by atoms with Crippen LogP contribution < -0.4 is 5.32 Å². The van der Waals surface area contributed by atoms with Gasteiger partial charge in [-0.2, -0.15) is 5.26 Å². The molecule has 5 nitrogen and oxygen atoms in total. The van der Waals surface area contributed by atoms with Crippen LogP contribution in [0.4, 0.5) is 14.5 Å². The van der Waals surface area contributed by atoms with Gasteiger partial charge in [0.05, 0.1) is 19.2 Å². The molecular weight excluding hydrogens is 280 g/mol. The number of carbonyl (C=O) groups excluding carboxylic acids is 1. The number of hydrogen-bond donors (Lipinski definition) is 1. The number of rotatable bonds is 3. The number of hydrogen-bond acceptors (Lipinski definition) is 4. The van der Waals surface area contributed by atoms with Crippen LogP contribution in [0.25, 0.3) is 0 Å². The monoisotopic (exact) mass is 295 g/mol. The van der Waals surface area contributed by atoms with Crippen molar-refractivity contribution in [3.63, 3.8) is 0 Å². The summed E-state index contributed by atoms with van der Waals surface area (Å²) in [5, 5.41) is 11.4. The van der Waals surface area contributed by atoms with Crippen LogP contribution in [-0.4, -0.2) is 43.2 Å². The summed E-state index contributed by atoms with van der Waals surface area (Å²) in [4.78, 5) is 13.6. The van der Waals surface area contributed by atoms with Crippen LogP contribution in [-0.2, 0) is 4.74 Å². The van der Waals surface area contributed by atoms with Gasteiger partial charge >= 0.3 is 0 Å². The van der Waals surface area contributed by atoms with Gasteiger partial charge < -0.3 is 15.0 Å². The fourth-order valence-corrected chi connectivity index (χ4v) is 2.14. The molecule has 0 aliphatic carbocycles. The average Bonchev–Trinajstić information content (AvgIpc) is 2.50. The highest BCUT2D eigenvalue weighted by molar-refractivity contribution is 5.94. The van der Waals surface area contributed by atoms with E-state index >= 15 is 0 Å². The average molecular weight is 295 g/mol. The van der Waals surface area contributed by atoms with Crippen molar-refractivity contribution in [2.45, 2.75) is 13.0 Å². The first-order valence-corrected chi connectivity index (χ1v) is 6.60. The van der Waals surface area contributed by atoms with Gasteiger partial charge in [-0.1, -0.05) is 0 Å². The maximum atomic E-state index is 13.8. The lowest BCUT2D eigenvalue weighted by Gasteiger charge is -2.29. The lowest BCUT2D eigenvalue weighted by molar-refractivity contribution is 0.00343. The lowest BCUT2D eigenvalue weighted by Crippen LogP contribution is -2.45. The highest BCUT2D eigenvalue weighted by atomic mass is 19.1. The molecule has 0 aromatic heterocycles. The first-order chi connectivity index (χ1) is 10.1. The van der Waals surface area contributed by atoms with Gasteiger partial charge in [0.2, 0.25) is 0 Å². The summed E-state index contributed by atoms with van der Waals surface area (Å²) in [5.74, 6) is -2.14. The minimum Gasteiger partial charge on any atom is -0.381 e. The van der Waals surface area contributed by atoms with Crippen molar-refractivity contribution in [1.29, 1.82) is 5.26 Å². The molecule has 1 atom stereocenters. The first kappa shape index (κ1) is 15.2. The quantitative estimate of drug-likeness (QED) is 0.923. The summed E-state index contributed by atoms with van der Waals surface area (Å²) in [7, 11) is 0. The van der Waals surface area contributed by atoms with E-state index in [0.29, 0.717) is 6.54 Å². The Balaban J connectivity index is 2.22. The highest BCUT2D eigenvalue weighted by Gasteiger charge is 2.26. The molecule has 1 aromatic rings. The van der Waals surface area contributed by atoms with Gasteiger partial charge in [0.1, 0.15) is 17.3 Å². The second kappa shape index (κ2) is 6.50. The molecule has 2 rings (SSSR count). The second-order valence-electron chi connectivity index (χ2n) is 4.58. The molecule has 1 amide bonds. The number of benzene rings is 1. The standard InChI is InChI=1S/C14H15F2N3O2/c1-2-18-13-11(15)5-9(6-12(13)16)14(20)19-3-4-21-10(7-17)8-19/h5-6,10,18H,2-4,8H2,1H3. The maximum absolute atomic E-state index is 13.8. The maximum Gasteiger partial charge on any atom is 0.254 e. The van der Waals surface area contributed by atoms with Crippen LogP contribution in [0.5, 0.6) is 0 Å². The third-order valence-electron chi connectivity index (χ3n) is 3.14. The summed E-state index contributed by atoms with van der Waals surface area (Å²) in [5.41, 5.74) is -0.323. The first-order valence-electron chi connectivity index (χ1n) is 6.60. The Hall–Kier alpha value is -2.20. The molecule has 1 aliphatic heterocycles. The molecule has 21 heavy (non-hydrogen) atoms. The number of nitrogens with zero attached hydrogens (tertiary/aromatic N) is 2. The van der Waals surface area contributed by atoms with E-state index in [1.54, 1.807) is 6.92 Å². The summed E-state index contributed by atoms with van der Waals surface area (Å²) >= 11 is 0. The van der Waals surface area contributed by atoms with Crippen LogP contribution in [0.3, 0.4) is 0 Å². The molecule has 1 unspecified atom stereocenters. The van der Waals surface area contributed by atoms with Crippen LogP contribution in [0.1, 0.15) is 17.3 Å². The van der Waals surface area contributed by atoms with E-state index in [9.17, 15) is 13.6 Å². The van der Waals surface area contributed by atoms with E-state index < -0.39 is 23.6 Å². The predicted octanol–water partition coefficient (Wildman–Crippen LogP) is 1.76. The van der Waals surface area contributed by atoms with E-state index in [0.717, 1.165) is 12.1 Å². The Morgan fingerprint density at radius 2 is 2.19 bits per heavy atom. The number of ether oxygens (including phenoxy) is 1. The molecule has 0 radical (unpaired) electrons. The van der Waals surface area contributed by atoms with Gasteiger partial charge in [-0.25, -0.2) is 8.78 Å². The zero-order chi connectivity index (χ0) is 15.4. The second-order valence-corrected chi connectivity index (χ2v) is 4.58. The third-order valence-corrected chi connectivity index (χ3v) is 3.14. The summed E-state index contributed by atoms with van der Waals surface area (Å²) in [6.07, 6.45) is -0.710. The normalized spacial score (nSPS) is 18.2. The van der Waals surface area contributed by atoms with Gasteiger partial charge in [-0.05, 0) is 19.1 Å². The zero-order valence-corrected chi connectivity index (χ0v) is 11.5. The zero-order valence-electron chi connectivity index (χ0n) is 11.5. The van der Waals surface area contributed by atoms with Crippen molar-refractivity contribution in [2.75, 3.05) is 31.6 Å². The Bertz CT molecular complexity index is 563. The van der Waals surface area contributed by atoms with Gasteiger partial charge in [0.15, 0.2) is 6.10 Å². The van der Waals surface area contributed by atoms with E-state index in [1.807, 2.05) is 6.07 Å². The molecule has 7 heteroatoms. The number of nitriles is 1. The minimum absolute atomic E-state index is 0.0785. The molecule has 112 valence electrons. The molecule has 1 heterocycles.